The zero-order valence-corrected chi connectivity index (χ0v) is 13.9. The lowest BCUT2D eigenvalue weighted by atomic mass is 10.4. The summed E-state index contributed by atoms with van der Waals surface area (Å²) in [4.78, 5) is 35.4. The number of furan rings is 1. The molecule has 2 aromatic rings. The lowest BCUT2D eigenvalue weighted by Crippen LogP contribution is -2.33. The molecule has 2 heterocycles. The van der Waals surface area contributed by atoms with Crippen molar-refractivity contribution in [2.75, 3.05) is 19.8 Å². The predicted molar refractivity (Wildman–Crippen MR) is 84.5 cm³/mol. The van der Waals surface area contributed by atoms with Crippen LogP contribution >= 0.6 is 0 Å². The molecule has 8 heteroatoms. The van der Waals surface area contributed by atoms with Crippen molar-refractivity contribution in [1.82, 2.24) is 9.88 Å². The second-order valence-corrected chi connectivity index (χ2v) is 5.02. The highest BCUT2D eigenvalue weighted by Gasteiger charge is 2.21. The Kier molecular flexibility index (Phi) is 5.62. The molecule has 0 aliphatic rings. The Hall–Kier alpha value is -2.77. The maximum atomic E-state index is 12.1. The van der Waals surface area contributed by atoms with E-state index >= 15 is 0 Å². The number of hydrogen-bond acceptors (Lipinski definition) is 6. The molecule has 130 valence electrons. The number of ether oxygens (including phenoxy) is 2. The lowest BCUT2D eigenvalue weighted by Gasteiger charge is -2.10. The van der Waals surface area contributed by atoms with Gasteiger partial charge in [0.05, 0.1) is 18.7 Å². The molecule has 1 amide bonds. The van der Waals surface area contributed by atoms with Crippen molar-refractivity contribution in [2.24, 2.45) is 0 Å². The topological polar surface area (TPSA) is 99.8 Å². The number of amides is 1. The van der Waals surface area contributed by atoms with E-state index in [1.807, 2.05) is 0 Å². The van der Waals surface area contributed by atoms with Crippen molar-refractivity contribution >= 4 is 28.9 Å². The Labute approximate surface area is 138 Å². The van der Waals surface area contributed by atoms with E-state index in [0.29, 0.717) is 16.9 Å². The molecule has 0 aliphatic carbocycles. The summed E-state index contributed by atoms with van der Waals surface area (Å²) >= 11 is 0. The van der Waals surface area contributed by atoms with Crippen LogP contribution < -0.4 is 5.32 Å². The van der Waals surface area contributed by atoms with Gasteiger partial charge in [-0.25, -0.2) is 4.79 Å². The smallest absolute Gasteiger partial charge is 0.355 e. The minimum absolute atomic E-state index is 0.143. The van der Waals surface area contributed by atoms with Gasteiger partial charge in [-0.05, 0) is 20.8 Å². The number of rotatable bonds is 7. The van der Waals surface area contributed by atoms with Crippen LogP contribution in [0.3, 0.4) is 0 Å². The van der Waals surface area contributed by atoms with Gasteiger partial charge < -0.3 is 23.8 Å². The van der Waals surface area contributed by atoms with Gasteiger partial charge in [-0.2, -0.15) is 0 Å². The summed E-state index contributed by atoms with van der Waals surface area (Å²) in [5, 5.41) is 2.46. The number of carbonyl (C=O) groups is 3. The summed E-state index contributed by atoms with van der Waals surface area (Å²) in [7, 11) is 0. The van der Waals surface area contributed by atoms with Gasteiger partial charge in [-0.15, -0.1) is 0 Å². The molecule has 1 N–H and O–H groups in total. The molecule has 0 unspecified atom stereocenters. The molecule has 0 atom stereocenters. The summed E-state index contributed by atoms with van der Waals surface area (Å²) in [6.07, 6.45) is 0. The largest absolute Gasteiger partial charge is 0.465 e. The Morgan fingerprint density at radius 2 is 1.88 bits per heavy atom. The molecule has 0 aliphatic heterocycles. The third-order valence-corrected chi connectivity index (χ3v) is 3.23. The third kappa shape index (κ3) is 3.95. The van der Waals surface area contributed by atoms with Crippen LogP contribution in [-0.4, -0.2) is 42.2 Å². The summed E-state index contributed by atoms with van der Waals surface area (Å²) in [5.74, 6) is -0.825. The first-order valence-corrected chi connectivity index (χ1v) is 7.65. The summed E-state index contributed by atoms with van der Waals surface area (Å²) in [6, 6.07) is 3.27. The van der Waals surface area contributed by atoms with E-state index < -0.39 is 17.8 Å². The summed E-state index contributed by atoms with van der Waals surface area (Å²) in [5.41, 5.74) is 1.33. The Bertz CT molecular complexity index is 758. The number of hydrogen-bond donors (Lipinski definition) is 1. The second-order valence-electron chi connectivity index (χ2n) is 5.02. The quantitative estimate of drug-likeness (QED) is 0.767. The van der Waals surface area contributed by atoms with E-state index in [1.54, 1.807) is 32.9 Å². The van der Waals surface area contributed by atoms with Gasteiger partial charge in [0.1, 0.15) is 24.5 Å². The normalized spacial score (nSPS) is 10.6. The zero-order chi connectivity index (χ0) is 17.7. The Morgan fingerprint density at radius 3 is 2.54 bits per heavy atom. The Morgan fingerprint density at radius 1 is 1.17 bits per heavy atom. The number of carbonyl (C=O) groups excluding carboxylic acids is 3. The molecule has 24 heavy (non-hydrogen) atoms. The van der Waals surface area contributed by atoms with E-state index in [-0.39, 0.29) is 32.0 Å². The van der Waals surface area contributed by atoms with Crippen LogP contribution in [0.25, 0.3) is 11.1 Å². The monoisotopic (exact) mass is 336 g/mol. The van der Waals surface area contributed by atoms with Crippen molar-refractivity contribution in [3.05, 3.63) is 23.6 Å². The first-order valence-electron chi connectivity index (χ1n) is 7.65. The molecule has 0 fully saturated rings. The molecule has 0 spiro atoms. The molecular weight excluding hydrogens is 316 g/mol. The maximum absolute atomic E-state index is 12.1. The van der Waals surface area contributed by atoms with Crippen molar-refractivity contribution in [3.8, 4) is 0 Å². The van der Waals surface area contributed by atoms with Crippen LogP contribution in [0, 0.1) is 6.92 Å². The number of aromatic nitrogens is 1. The van der Waals surface area contributed by atoms with Gasteiger partial charge in [-0.3, -0.25) is 9.59 Å². The van der Waals surface area contributed by atoms with Crippen LogP contribution in [0.15, 0.2) is 16.5 Å². The predicted octanol–water partition coefficient (Wildman–Crippen LogP) is 1.40. The lowest BCUT2D eigenvalue weighted by molar-refractivity contribution is -0.143. The van der Waals surface area contributed by atoms with E-state index in [4.69, 9.17) is 13.9 Å². The van der Waals surface area contributed by atoms with Gasteiger partial charge >= 0.3 is 11.9 Å². The summed E-state index contributed by atoms with van der Waals surface area (Å²) < 4.78 is 16.7. The highest BCUT2D eigenvalue weighted by Crippen LogP contribution is 2.24. The highest BCUT2D eigenvalue weighted by molar-refractivity contribution is 5.95. The standard InChI is InChI=1S/C16H20N2O6/c1-4-22-15(20)8-17-14(19)9-18-11-6-10(3)24-13(11)7-12(18)16(21)23-5-2/h6-7H,4-5,8-9H2,1-3H3,(H,17,19). The number of nitrogens with zero attached hydrogens (tertiary/aromatic N) is 1. The van der Waals surface area contributed by atoms with Gasteiger partial charge in [0.2, 0.25) is 5.91 Å². The average molecular weight is 336 g/mol. The van der Waals surface area contributed by atoms with E-state index in [1.165, 1.54) is 4.57 Å². The molecule has 0 saturated heterocycles. The van der Waals surface area contributed by atoms with Crippen molar-refractivity contribution < 1.29 is 28.3 Å². The molecule has 0 saturated carbocycles. The van der Waals surface area contributed by atoms with E-state index in [9.17, 15) is 14.4 Å². The second kappa shape index (κ2) is 7.67. The van der Waals surface area contributed by atoms with Crippen LogP contribution in [0.2, 0.25) is 0 Å². The fraction of sp³-hybridized carbons (Fsp3) is 0.438. The molecule has 0 aromatic carbocycles. The van der Waals surface area contributed by atoms with Crippen LogP contribution in [0.4, 0.5) is 0 Å². The van der Waals surface area contributed by atoms with Crippen molar-refractivity contribution in [1.29, 1.82) is 0 Å². The van der Waals surface area contributed by atoms with E-state index in [2.05, 4.69) is 5.32 Å². The molecule has 0 radical (unpaired) electrons. The average Bonchev–Trinajstić information content (AvgIpc) is 3.03. The maximum Gasteiger partial charge on any atom is 0.355 e. The van der Waals surface area contributed by atoms with Crippen LogP contribution in [0.5, 0.6) is 0 Å². The van der Waals surface area contributed by atoms with Gasteiger partial charge in [0.25, 0.3) is 0 Å². The molecule has 2 rings (SSSR count). The van der Waals surface area contributed by atoms with Crippen molar-refractivity contribution in [3.63, 3.8) is 0 Å². The first kappa shape index (κ1) is 17.6. The van der Waals surface area contributed by atoms with Gasteiger partial charge in [-0.1, -0.05) is 0 Å². The van der Waals surface area contributed by atoms with Crippen LogP contribution in [-0.2, 0) is 25.6 Å². The minimum atomic E-state index is -0.542. The van der Waals surface area contributed by atoms with Crippen molar-refractivity contribution in [2.45, 2.75) is 27.3 Å². The molecule has 2 aromatic heterocycles. The number of fused-ring (bicyclic) bond motifs is 1. The molecule has 0 bridgehead atoms. The number of nitrogens with one attached hydrogen (secondary N) is 1. The number of aryl methyl sites for hydroxylation is 1. The third-order valence-electron chi connectivity index (χ3n) is 3.23. The highest BCUT2D eigenvalue weighted by atomic mass is 16.5. The molecular formula is C16H20N2O6. The first-order chi connectivity index (χ1) is 11.5. The van der Waals surface area contributed by atoms with Gasteiger partial charge in [0, 0.05) is 12.1 Å². The zero-order valence-electron chi connectivity index (χ0n) is 13.9. The van der Waals surface area contributed by atoms with Crippen LogP contribution in [0.1, 0.15) is 30.1 Å². The fourth-order valence-electron chi connectivity index (χ4n) is 2.29. The summed E-state index contributed by atoms with van der Waals surface area (Å²) in [6.45, 7) is 5.25. The number of esters is 2. The Balaban J connectivity index is 2.19. The SMILES string of the molecule is CCOC(=O)CNC(=O)Cn1c(C(=O)OCC)cc2oc(C)cc21. The minimum Gasteiger partial charge on any atom is -0.465 e. The van der Waals surface area contributed by atoms with E-state index in [0.717, 1.165) is 0 Å². The molecule has 8 nitrogen and oxygen atoms in total. The van der Waals surface area contributed by atoms with Gasteiger partial charge in [0.15, 0.2) is 5.58 Å². The fourth-order valence-corrected chi connectivity index (χ4v) is 2.29.